The summed E-state index contributed by atoms with van der Waals surface area (Å²) in [4.78, 5) is 9.68. The molecule has 0 aliphatic rings. The summed E-state index contributed by atoms with van der Waals surface area (Å²) in [5, 5.41) is 0. The lowest BCUT2D eigenvalue weighted by Gasteiger charge is -1.97. The number of ether oxygens (including phenoxy) is 1. The van der Waals surface area contributed by atoms with Crippen molar-refractivity contribution in [1.82, 2.24) is 0 Å². The normalized spacial score (nSPS) is 12.8. The molecule has 0 spiro atoms. The first-order chi connectivity index (χ1) is 3.63. The second kappa shape index (κ2) is 3.49. The minimum absolute atomic E-state index is 0.489. The van der Waals surface area contributed by atoms with Gasteiger partial charge in [-0.2, -0.15) is 0 Å². The topological polar surface area (TPSA) is 52.3 Å². The average Bonchev–Trinajstić information content (AvgIpc) is 1.61. The molecule has 0 saturated carbocycles. The van der Waals surface area contributed by atoms with E-state index in [2.05, 4.69) is 10.5 Å². The standard InChI is InChI=1S/C3H5ClFNO2/c4-2(5)1-8-3(6)7/h2H,1H2,(H2,6,7). The van der Waals surface area contributed by atoms with Gasteiger partial charge in [0.05, 0.1) is 0 Å². The number of nitrogens with two attached hydrogens (primary N) is 1. The first-order valence-electron chi connectivity index (χ1n) is 1.83. The maximum Gasteiger partial charge on any atom is 0.404 e. The summed E-state index contributed by atoms with van der Waals surface area (Å²) >= 11 is 4.72. The summed E-state index contributed by atoms with van der Waals surface area (Å²) in [7, 11) is 0. The Morgan fingerprint density at radius 3 is 2.62 bits per heavy atom. The van der Waals surface area contributed by atoms with Gasteiger partial charge in [-0.25, -0.2) is 9.18 Å². The van der Waals surface area contributed by atoms with Crippen LogP contribution in [0.5, 0.6) is 0 Å². The monoisotopic (exact) mass is 141 g/mol. The van der Waals surface area contributed by atoms with Gasteiger partial charge < -0.3 is 10.5 Å². The van der Waals surface area contributed by atoms with E-state index in [1.54, 1.807) is 0 Å². The number of rotatable bonds is 2. The highest BCUT2D eigenvalue weighted by molar-refractivity contribution is 6.19. The fraction of sp³-hybridized carbons (Fsp3) is 0.667. The maximum atomic E-state index is 11.5. The van der Waals surface area contributed by atoms with Crippen molar-refractivity contribution in [3.05, 3.63) is 0 Å². The van der Waals surface area contributed by atoms with Gasteiger partial charge >= 0.3 is 6.09 Å². The Morgan fingerprint density at radius 2 is 2.50 bits per heavy atom. The molecule has 1 unspecified atom stereocenters. The van der Waals surface area contributed by atoms with Crippen molar-refractivity contribution >= 4 is 17.7 Å². The van der Waals surface area contributed by atoms with E-state index < -0.39 is 18.3 Å². The third-order valence-electron chi connectivity index (χ3n) is 0.352. The number of halogens is 2. The molecule has 0 aromatic carbocycles. The van der Waals surface area contributed by atoms with Crippen molar-refractivity contribution in [2.75, 3.05) is 6.61 Å². The molecule has 0 aliphatic carbocycles. The minimum atomic E-state index is -1.66. The van der Waals surface area contributed by atoms with Gasteiger partial charge in [-0.3, -0.25) is 0 Å². The van der Waals surface area contributed by atoms with Crippen LogP contribution >= 0.6 is 11.6 Å². The highest BCUT2D eigenvalue weighted by atomic mass is 35.5. The predicted molar refractivity (Wildman–Crippen MR) is 26.3 cm³/mol. The fourth-order valence-corrected chi connectivity index (χ4v) is 0.208. The Balaban J connectivity index is 3.05. The van der Waals surface area contributed by atoms with Gasteiger partial charge in [-0.15, -0.1) is 0 Å². The number of amides is 1. The number of hydrogen-bond acceptors (Lipinski definition) is 2. The quantitative estimate of drug-likeness (QED) is 0.573. The minimum Gasteiger partial charge on any atom is -0.445 e. The molecule has 0 saturated heterocycles. The average molecular weight is 142 g/mol. The van der Waals surface area contributed by atoms with Crippen molar-refractivity contribution in [2.24, 2.45) is 5.73 Å². The van der Waals surface area contributed by atoms with Crippen molar-refractivity contribution in [1.29, 1.82) is 0 Å². The molecule has 0 radical (unpaired) electrons. The lowest BCUT2D eigenvalue weighted by molar-refractivity contribution is 0.140. The SMILES string of the molecule is NC(=O)OCC(F)Cl. The van der Waals surface area contributed by atoms with Crippen LogP contribution in [-0.2, 0) is 4.74 Å². The highest BCUT2D eigenvalue weighted by Gasteiger charge is 2.01. The molecule has 1 amide bonds. The molecule has 0 rings (SSSR count). The van der Waals surface area contributed by atoms with E-state index in [1.165, 1.54) is 0 Å². The largest absolute Gasteiger partial charge is 0.445 e. The third kappa shape index (κ3) is 5.49. The summed E-state index contributed by atoms with van der Waals surface area (Å²) in [5.74, 6) is 0. The predicted octanol–water partition coefficient (Wildman–Crippen LogP) is 0.616. The molecule has 1 atom stereocenters. The first kappa shape index (κ1) is 7.49. The van der Waals surface area contributed by atoms with E-state index in [9.17, 15) is 9.18 Å². The van der Waals surface area contributed by atoms with Crippen LogP contribution < -0.4 is 5.73 Å². The zero-order valence-corrected chi connectivity index (χ0v) is 4.69. The smallest absolute Gasteiger partial charge is 0.404 e. The summed E-state index contributed by atoms with van der Waals surface area (Å²) in [5.41, 5.74) is 2.79. The molecule has 0 aromatic rings. The molecule has 8 heavy (non-hydrogen) atoms. The summed E-state index contributed by atoms with van der Waals surface area (Å²) in [6.07, 6.45) is -1.02. The van der Waals surface area contributed by atoms with E-state index in [0.29, 0.717) is 0 Å². The van der Waals surface area contributed by atoms with E-state index >= 15 is 0 Å². The van der Waals surface area contributed by atoms with Gasteiger partial charge in [0.15, 0.2) is 0 Å². The van der Waals surface area contributed by atoms with E-state index in [-0.39, 0.29) is 0 Å². The van der Waals surface area contributed by atoms with Gasteiger partial charge in [0.25, 0.3) is 0 Å². The van der Waals surface area contributed by atoms with Crippen LogP contribution in [0.1, 0.15) is 0 Å². The van der Waals surface area contributed by atoms with Crippen molar-refractivity contribution < 1.29 is 13.9 Å². The first-order valence-corrected chi connectivity index (χ1v) is 2.27. The molecule has 0 heterocycles. The van der Waals surface area contributed by atoms with E-state index in [0.717, 1.165) is 0 Å². The van der Waals surface area contributed by atoms with Crippen molar-refractivity contribution in [2.45, 2.75) is 5.63 Å². The highest BCUT2D eigenvalue weighted by Crippen LogP contribution is 1.95. The molecule has 48 valence electrons. The fourth-order valence-electron chi connectivity index (χ4n) is 0.145. The lowest BCUT2D eigenvalue weighted by atomic mass is 10.8. The number of carbonyl (C=O) groups excluding carboxylic acids is 1. The van der Waals surface area contributed by atoms with Crippen LogP contribution in [0, 0.1) is 0 Å². The number of hydrogen-bond donors (Lipinski definition) is 1. The van der Waals surface area contributed by atoms with Crippen LogP contribution in [0.2, 0.25) is 0 Å². The Labute approximate surface area is 50.6 Å². The van der Waals surface area contributed by atoms with Crippen LogP contribution in [0.25, 0.3) is 0 Å². The molecule has 0 aliphatic heterocycles. The van der Waals surface area contributed by atoms with E-state index in [4.69, 9.17) is 11.6 Å². The van der Waals surface area contributed by atoms with Crippen molar-refractivity contribution in [3.8, 4) is 0 Å². The van der Waals surface area contributed by atoms with Gasteiger partial charge in [0, 0.05) is 0 Å². The molecule has 0 aromatic heterocycles. The van der Waals surface area contributed by atoms with Gasteiger partial charge in [-0.1, -0.05) is 11.6 Å². The molecule has 3 nitrogen and oxygen atoms in total. The maximum absolute atomic E-state index is 11.5. The zero-order valence-electron chi connectivity index (χ0n) is 3.93. The van der Waals surface area contributed by atoms with Crippen LogP contribution in [0.4, 0.5) is 9.18 Å². The van der Waals surface area contributed by atoms with Crippen LogP contribution in [-0.4, -0.2) is 18.3 Å². The summed E-state index contributed by atoms with van der Waals surface area (Å²) in [6.45, 7) is -0.489. The Kier molecular flexibility index (Phi) is 3.26. The summed E-state index contributed by atoms with van der Waals surface area (Å²) < 4.78 is 15.4. The molecule has 0 fully saturated rings. The third-order valence-corrected chi connectivity index (χ3v) is 0.478. The number of primary amides is 1. The molecule has 0 bridgehead atoms. The van der Waals surface area contributed by atoms with Gasteiger partial charge in [-0.05, 0) is 0 Å². The second-order valence-electron chi connectivity index (χ2n) is 1.02. The molecular formula is C3H5ClFNO2. The summed E-state index contributed by atoms with van der Waals surface area (Å²) in [6, 6.07) is 0. The Morgan fingerprint density at radius 1 is 2.00 bits per heavy atom. The Bertz CT molecular complexity index is 87.4. The molecular weight excluding hydrogens is 136 g/mol. The lowest BCUT2D eigenvalue weighted by Crippen LogP contribution is -2.16. The van der Waals surface area contributed by atoms with Crippen LogP contribution in [0.3, 0.4) is 0 Å². The Hall–Kier alpha value is -0.510. The zero-order chi connectivity index (χ0) is 6.57. The number of carbonyl (C=O) groups is 1. The molecule has 5 heteroatoms. The second-order valence-corrected chi connectivity index (χ2v) is 1.49. The van der Waals surface area contributed by atoms with Crippen LogP contribution in [0.15, 0.2) is 0 Å². The van der Waals surface area contributed by atoms with Crippen molar-refractivity contribution in [3.63, 3.8) is 0 Å². The van der Waals surface area contributed by atoms with E-state index in [1.807, 2.05) is 0 Å². The molecule has 2 N–H and O–H groups in total. The van der Waals surface area contributed by atoms with Gasteiger partial charge in [0.2, 0.25) is 5.63 Å². The number of alkyl halides is 2. The van der Waals surface area contributed by atoms with Gasteiger partial charge in [0.1, 0.15) is 6.61 Å².